The van der Waals surface area contributed by atoms with Crippen molar-refractivity contribution in [2.75, 3.05) is 11.1 Å². The molecule has 0 atom stereocenters. The van der Waals surface area contributed by atoms with E-state index in [4.69, 9.17) is 22.6 Å². The van der Waals surface area contributed by atoms with E-state index in [1.165, 1.54) is 6.07 Å². The Bertz CT molecular complexity index is 969. The molecule has 0 bridgehead atoms. The number of nitrogens with one attached hydrogen (secondary N) is 1. The van der Waals surface area contributed by atoms with Crippen LogP contribution in [0.4, 0.5) is 28.8 Å². The number of halogens is 1. The molecule has 1 heterocycles. The normalized spacial score (nSPS) is 11.1. The molecular weight excluding hydrogens is 408 g/mol. The molecule has 0 unspecified atom stereocenters. The third kappa shape index (κ3) is 5.06. The summed E-state index contributed by atoms with van der Waals surface area (Å²) in [6.45, 7) is 0. The van der Waals surface area contributed by atoms with Gasteiger partial charge in [0.1, 0.15) is 5.69 Å². The first-order valence-electron chi connectivity index (χ1n) is 7.61. The Kier molecular flexibility index (Phi) is 6.57. The molecule has 1 aromatic heterocycles. The number of para-hydroxylation sites is 1. The van der Waals surface area contributed by atoms with Gasteiger partial charge in [-0.3, -0.25) is 0 Å². The fourth-order valence-corrected chi connectivity index (χ4v) is 2.72. The standard InChI is InChI=1S/C16H13ClN6O4S/c17-11-8-10(28-27-26-25)6-7-12(11)22-23-13-14(18)20-16(21-15(13)24)19-9-4-2-1-3-5-9/h1-8,25H,(H4,18,19,20,21,24)/b23-22+. The summed E-state index contributed by atoms with van der Waals surface area (Å²) in [6.07, 6.45) is 0. The summed E-state index contributed by atoms with van der Waals surface area (Å²) in [4.78, 5) is 8.54. The zero-order valence-electron chi connectivity index (χ0n) is 14.0. The van der Waals surface area contributed by atoms with E-state index in [0.717, 1.165) is 17.7 Å². The van der Waals surface area contributed by atoms with Crippen LogP contribution in [0.5, 0.6) is 5.88 Å². The van der Waals surface area contributed by atoms with Crippen molar-refractivity contribution in [3.8, 4) is 5.88 Å². The second-order valence-corrected chi connectivity index (χ2v) is 6.32. The van der Waals surface area contributed by atoms with Crippen molar-refractivity contribution in [3.63, 3.8) is 0 Å². The molecule has 3 aromatic rings. The van der Waals surface area contributed by atoms with E-state index in [0.29, 0.717) is 10.6 Å². The van der Waals surface area contributed by atoms with Gasteiger partial charge >= 0.3 is 0 Å². The van der Waals surface area contributed by atoms with Crippen LogP contribution in [-0.2, 0) is 9.37 Å². The first kappa shape index (κ1) is 19.8. The Morgan fingerprint density at radius 1 is 1.11 bits per heavy atom. The van der Waals surface area contributed by atoms with Crippen LogP contribution in [0, 0.1) is 0 Å². The van der Waals surface area contributed by atoms with E-state index in [-0.39, 0.29) is 22.5 Å². The van der Waals surface area contributed by atoms with E-state index in [9.17, 15) is 5.11 Å². The number of anilines is 3. The highest BCUT2D eigenvalue weighted by Gasteiger charge is 2.12. The summed E-state index contributed by atoms with van der Waals surface area (Å²) < 4.78 is 4.32. The number of azo groups is 1. The monoisotopic (exact) mass is 420 g/mol. The number of hydrogen-bond acceptors (Lipinski definition) is 11. The predicted octanol–water partition coefficient (Wildman–Crippen LogP) is 5.01. The van der Waals surface area contributed by atoms with Gasteiger partial charge in [0.2, 0.25) is 11.8 Å². The first-order valence-corrected chi connectivity index (χ1v) is 8.73. The van der Waals surface area contributed by atoms with E-state index in [2.05, 4.69) is 34.9 Å². The SMILES string of the molecule is Nc1nc(Nc2ccccc2)nc(O)c1/N=N/c1ccc(SOOO)cc1Cl. The average molecular weight is 421 g/mol. The topological polar surface area (TPSA) is 147 Å². The van der Waals surface area contributed by atoms with Gasteiger partial charge in [0, 0.05) is 10.6 Å². The molecule has 0 aliphatic heterocycles. The molecule has 0 saturated heterocycles. The Balaban J connectivity index is 1.78. The second kappa shape index (κ2) is 9.30. The van der Waals surface area contributed by atoms with Crippen molar-refractivity contribution < 1.29 is 19.7 Å². The summed E-state index contributed by atoms with van der Waals surface area (Å²) in [5, 5.41) is 32.8. The lowest BCUT2D eigenvalue weighted by atomic mass is 10.3. The minimum Gasteiger partial charge on any atom is -0.492 e. The fourth-order valence-electron chi connectivity index (χ4n) is 2.04. The van der Waals surface area contributed by atoms with Crippen LogP contribution in [0.25, 0.3) is 0 Å². The van der Waals surface area contributed by atoms with Crippen molar-refractivity contribution in [2.24, 2.45) is 10.2 Å². The van der Waals surface area contributed by atoms with Crippen LogP contribution in [-0.4, -0.2) is 20.3 Å². The number of aromatic nitrogens is 2. The van der Waals surface area contributed by atoms with Gasteiger partial charge < -0.3 is 16.2 Å². The van der Waals surface area contributed by atoms with Gasteiger partial charge in [-0.25, -0.2) is 5.26 Å². The number of aromatic hydroxyl groups is 1. The van der Waals surface area contributed by atoms with Crippen LogP contribution in [0.1, 0.15) is 0 Å². The molecule has 5 N–H and O–H groups in total. The molecule has 28 heavy (non-hydrogen) atoms. The molecule has 10 nitrogen and oxygen atoms in total. The number of nitrogen functional groups attached to an aromatic ring is 1. The lowest BCUT2D eigenvalue weighted by Crippen LogP contribution is -2.00. The molecule has 0 aliphatic carbocycles. The minimum absolute atomic E-state index is 0.0635. The van der Waals surface area contributed by atoms with Crippen molar-refractivity contribution in [3.05, 3.63) is 53.6 Å². The zero-order valence-corrected chi connectivity index (χ0v) is 15.6. The quantitative estimate of drug-likeness (QED) is 0.179. The maximum Gasteiger partial charge on any atom is 0.246 e. The molecule has 0 amide bonds. The number of rotatable bonds is 7. The van der Waals surface area contributed by atoms with Gasteiger partial charge in [-0.05, 0) is 30.3 Å². The molecule has 0 fully saturated rings. The van der Waals surface area contributed by atoms with Crippen molar-refractivity contribution in [1.29, 1.82) is 0 Å². The van der Waals surface area contributed by atoms with Gasteiger partial charge in [0.25, 0.3) is 0 Å². The molecule has 3 rings (SSSR count). The van der Waals surface area contributed by atoms with Crippen LogP contribution in [0.2, 0.25) is 5.02 Å². The molecule has 0 radical (unpaired) electrons. The number of nitrogens with two attached hydrogens (primary N) is 1. The molecular formula is C16H13ClN6O4S. The highest BCUT2D eigenvalue weighted by molar-refractivity contribution is 7.94. The second-order valence-electron chi connectivity index (χ2n) is 5.13. The first-order chi connectivity index (χ1) is 13.6. The lowest BCUT2D eigenvalue weighted by molar-refractivity contribution is -0.432. The lowest BCUT2D eigenvalue weighted by Gasteiger charge is -2.07. The van der Waals surface area contributed by atoms with Crippen LogP contribution < -0.4 is 11.1 Å². The summed E-state index contributed by atoms with van der Waals surface area (Å²) in [5.41, 5.74) is 6.81. The highest BCUT2D eigenvalue weighted by Crippen LogP contribution is 2.35. The van der Waals surface area contributed by atoms with E-state index >= 15 is 0 Å². The summed E-state index contributed by atoms with van der Waals surface area (Å²) >= 11 is 6.86. The Labute approximate surface area is 168 Å². The molecule has 0 saturated carbocycles. The summed E-state index contributed by atoms with van der Waals surface area (Å²) in [5.74, 6) is -0.386. The predicted molar refractivity (Wildman–Crippen MR) is 104 cm³/mol. The van der Waals surface area contributed by atoms with Gasteiger partial charge in [0.05, 0.1) is 17.1 Å². The van der Waals surface area contributed by atoms with Gasteiger partial charge in [-0.15, -0.1) is 14.6 Å². The maximum absolute atomic E-state index is 10.1. The van der Waals surface area contributed by atoms with Crippen molar-refractivity contribution in [1.82, 2.24) is 9.97 Å². The fraction of sp³-hybridized carbons (Fsp3) is 0. The minimum atomic E-state index is -0.438. The molecule has 12 heteroatoms. The smallest absolute Gasteiger partial charge is 0.246 e. The zero-order chi connectivity index (χ0) is 19.9. The van der Waals surface area contributed by atoms with Crippen LogP contribution in [0.15, 0.2) is 63.7 Å². The average Bonchev–Trinajstić information content (AvgIpc) is 2.68. The van der Waals surface area contributed by atoms with Crippen LogP contribution >= 0.6 is 23.6 Å². The number of hydrogen-bond donors (Lipinski definition) is 4. The molecule has 0 aliphatic rings. The van der Waals surface area contributed by atoms with E-state index in [1.54, 1.807) is 12.1 Å². The Morgan fingerprint density at radius 3 is 2.57 bits per heavy atom. The van der Waals surface area contributed by atoms with Crippen molar-refractivity contribution in [2.45, 2.75) is 4.90 Å². The molecule has 144 valence electrons. The summed E-state index contributed by atoms with van der Waals surface area (Å²) in [6, 6.07) is 13.8. The van der Waals surface area contributed by atoms with Crippen LogP contribution in [0.3, 0.4) is 0 Å². The third-order valence-electron chi connectivity index (χ3n) is 3.26. The number of nitrogens with zero attached hydrogens (tertiary/aromatic N) is 4. The molecule has 2 aromatic carbocycles. The van der Waals surface area contributed by atoms with E-state index < -0.39 is 5.88 Å². The third-order valence-corrected chi connectivity index (χ3v) is 4.14. The highest BCUT2D eigenvalue weighted by atomic mass is 35.5. The molecule has 0 spiro atoms. The van der Waals surface area contributed by atoms with E-state index in [1.807, 2.05) is 30.3 Å². The largest absolute Gasteiger partial charge is 0.492 e. The Morgan fingerprint density at radius 2 is 1.89 bits per heavy atom. The number of benzene rings is 2. The Hall–Kier alpha value is -2.96. The summed E-state index contributed by atoms with van der Waals surface area (Å²) in [7, 11) is 0. The van der Waals surface area contributed by atoms with Gasteiger partial charge in [-0.1, -0.05) is 34.8 Å². The maximum atomic E-state index is 10.1. The van der Waals surface area contributed by atoms with Gasteiger partial charge in [-0.2, -0.15) is 9.97 Å². The van der Waals surface area contributed by atoms with Gasteiger partial charge in [0.15, 0.2) is 11.5 Å². The van der Waals surface area contributed by atoms with Crippen molar-refractivity contribution >= 4 is 52.5 Å².